The van der Waals surface area contributed by atoms with Gasteiger partial charge in [-0.2, -0.15) is 0 Å². The average molecular weight is 360 g/mol. The highest BCUT2D eigenvalue weighted by molar-refractivity contribution is 6.42. The molecule has 0 aliphatic heterocycles. The second-order valence-corrected chi connectivity index (χ2v) is 5.66. The lowest BCUT2D eigenvalue weighted by Gasteiger charge is -2.11. The molecule has 5 nitrogen and oxygen atoms in total. The van der Waals surface area contributed by atoms with Gasteiger partial charge in [-0.05, 0) is 25.1 Å². The molecule has 22 heavy (non-hydrogen) atoms. The van der Waals surface area contributed by atoms with Crippen LogP contribution in [0.5, 0.6) is 0 Å². The van der Waals surface area contributed by atoms with Crippen LogP contribution in [0.1, 0.15) is 15.9 Å². The van der Waals surface area contributed by atoms with Crippen LogP contribution in [0.3, 0.4) is 0 Å². The molecule has 0 aliphatic rings. The smallest absolute Gasteiger partial charge is 0.273 e. The molecule has 2 aromatic rings. The predicted molar refractivity (Wildman–Crippen MR) is 87.3 cm³/mol. The van der Waals surface area contributed by atoms with Gasteiger partial charge in [-0.15, -0.1) is 0 Å². The highest BCUT2D eigenvalue weighted by Crippen LogP contribution is 2.34. The van der Waals surface area contributed by atoms with Gasteiger partial charge in [-0.25, -0.2) is 0 Å². The van der Waals surface area contributed by atoms with Gasteiger partial charge in [0.25, 0.3) is 11.6 Å². The molecule has 0 aliphatic carbocycles. The van der Waals surface area contributed by atoms with E-state index in [2.05, 4.69) is 5.32 Å². The van der Waals surface area contributed by atoms with Gasteiger partial charge in [0.2, 0.25) is 0 Å². The Kier molecular flexibility index (Phi) is 4.90. The molecule has 0 heterocycles. The number of benzene rings is 2. The Balaban J connectivity index is 2.39. The summed E-state index contributed by atoms with van der Waals surface area (Å²) in [6.45, 7) is 1.50. The van der Waals surface area contributed by atoms with Crippen LogP contribution in [0, 0.1) is 17.0 Å². The topological polar surface area (TPSA) is 72.2 Å². The Morgan fingerprint density at radius 3 is 2.32 bits per heavy atom. The summed E-state index contributed by atoms with van der Waals surface area (Å²) >= 11 is 17.8. The van der Waals surface area contributed by atoms with Crippen molar-refractivity contribution in [3.05, 3.63) is 66.6 Å². The Bertz CT molecular complexity index is 755. The van der Waals surface area contributed by atoms with Crippen molar-refractivity contribution in [2.75, 3.05) is 5.32 Å². The molecule has 1 N–H and O–H groups in total. The average Bonchev–Trinajstić information content (AvgIpc) is 2.42. The maximum atomic E-state index is 12.3. The summed E-state index contributed by atoms with van der Waals surface area (Å²) in [6, 6.07) is 7.12. The first-order chi connectivity index (χ1) is 10.3. The molecule has 0 fully saturated rings. The van der Waals surface area contributed by atoms with E-state index >= 15 is 0 Å². The summed E-state index contributed by atoms with van der Waals surface area (Å²) in [5, 5.41) is 14.1. The van der Waals surface area contributed by atoms with E-state index in [9.17, 15) is 14.9 Å². The molecule has 2 rings (SSSR count). The van der Waals surface area contributed by atoms with E-state index in [0.717, 1.165) is 0 Å². The molecule has 114 valence electrons. The number of halogens is 3. The molecule has 0 saturated carbocycles. The summed E-state index contributed by atoms with van der Waals surface area (Å²) in [6.07, 6.45) is 0. The van der Waals surface area contributed by atoms with Gasteiger partial charge in [0.05, 0.1) is 20.7 Å². The Hall–Kier alpha value is -1.82. The Labute approximate surface area is 140 Å². The standard InChI is InChI=1S/C14H9Cl3N2O3/c1-7-9(3-2-4-12(7)19(21)22)14(20)18-13-10(16)5-8(15)6-11(13)17/h2-6H,1H3,(H,18,20). The molecular formula is C14H9Cl3N2O3. The summed E-state index contributed by atoms with van der Waals surface area (Å²) in [5.41, 5.74) is 0.479. The molecule has 0 atom stereocenters. The van der Waals surface area contributed by atoms with Crippen LogP contribution in [-0.4, -0.2) is 10.8 Å². The minimum Gasteiger partial charge on any atom is -0.319 e. The third-order valence-electron chi connectivity index (χ3n) is 2.99. The van der Waals surface area contributed by atoms with E-state index in [4.69, 9.17) is 34.8 Å². The lowest BCUT2D eigenvalue weighted by Crippen LogP contribution is -2.14. The molecular weight excluding hydrogens is 351 g/mol. The molecule has 0 saturated heterocycles. The van der Waals surface area contributed by atoms with E-state index in [-0.39, 0.29) is 32.5 Å². The fourth-order valence-corrected chi connectivity index (χ4v) is 2.82. The number of carbonyl (C=O) groups is 1. The van der Waals surface area contributed by atoms with Gasteiger partial charge in [-0.1, -0.05) is 40.9 Å². The van der Waals surface area contributed by atoms with E-state index < -0.39 is 10.8 Å². The first kappa shape index (κ1) is 16.5. The summed E-state index contributed by atoms with van der Waals surface area (Å²) in [7, 11) is 0. The fourth-order valence-electron chi connectivity index (χ4n) is 1.91. The van der Waals surface area contributed by atoms with Crippen LogP contribution < -0.4 is 5.32 Å². The number of rotatable bonds is 3. The zero-order valence-corrected chi connectivity index (χ0v) is 13.5. The van der Waals surface area contributed by atoms with Crippen molar-refractivity contribution < 1.29 is 9.72 Å². The molecule has 2 aromatic carbocycles. The maximum absolute atomic E-state index is 12.3. The number of hydrogen-bond acceptors (Lipinski definition) is 3. The minimum absolute atomic E-state index is 0.138. The number of nitrogens with zero attached hydrogens (tertiary/aromatic N) is 1. The Morgan fingerprint density at radius 2 is 1.77 bits per heavy atom. The van der Waals surface area contributed by atoms with Crippen LogP contribution in [0.2, 0.25) is 15.1 Å². The van der Waals surface area contributed by atoms with Gasteiger partial charge in [-0.3, -0.25) is 14.9 Å². The highest BCUT2D eigenvalue weighted by Gasteiger charge is 2.19. The number of nitrogens with one attached hydrogen (secondary N) is 1. The van der Waals surface area contributed by atoms with Crippen LogP contribution in [0.4, 0.5) is 11.4 Å². The molecule has 8 heteroatoms. The van der Waals surface area contributed by atoms with Crippen molar-refractivity contribution in [2.24, 2.45) is 0 Å². The van der Waals surface area contributed by atoms with E-state index in [0.29, 0.717) is 5.02 Å². The normalized spacial score (nSPS) is 10.4. The van der Waals surface area contributed by atoms with Crippen molar-refractivity contribution in [2.45, 2.75) is 6.92 Å². The quantitative estimate of drug-likeness (QED) is 0.611. The zero-order valence-electron chi connectivity index (χ0n) is 11.2. The number of hydrogen-bond donors (Lipinski definition) is 1. The lowest BCUT2D eigenvalue weighted by atomic mass is 10.1. The molecule has 0 unspecified atom stereocenters. The van der Waals surface area contributed by atoms with Crippen LogP contribution >= 0.6 is 34.8 Å². The van der Waals surface area contributed by atoms with Crippen LogP contribution in [0.15, 0.2) is 30.3 Å². The van der Waals surface area contributed by atoms with Gasteiger partial charge < -0.3 is 5.32 Å². The monoisotopic (exact) mass is 358 g/mol. The first-order valence-corrected chi connectivity index (χ1v) is 7.14. The van der Waals surface area contributed by atoms with E-state index in [1.807, 2.05) is 0 Å². The first-order valence-electron chi connectivity index (χ1n) is 6.01. The number of anilines is 1. The molecule has 0 bridgehead atoms. The largest absolute Gasteiger partial charge is 0.319 e. The van der Waals surface area contributed by atoms with Gasteiger partial charge in [0.1, 0.15) is 0 Å². The van der Waals surface area contributed by atoms with Gasteiger partial charge >= 0.3 is 0 Å². The van der Waals surface area contributed by atoms with Gasteiger partial charge in [0.15, 0.2) is 0 Å². The molecule has 0 aromatic heterocycles. The second kappa shape index (κ2) is 6.52. The summed E-state index contributed by atoms with van der Waals surface area (Å²) in [4.78, 5) is 22.7. The van der Waals surface area contributed by atoms with Crippen molar-refractivity contribution >= 4 is 52.1 Å². The summed E-state index contributed by atoms with van der Waals surface area (Å²) in [5.74, 6) is -0.549. The molecule has 0 radical (unpaired) electrons. The van der Waals surface area contributed by atoms with E-state index in [1.54, 1.807) is 0 Å². The summed E-state index contributed by atoms with van der Waals surface area (Å²) < 4.78 is 0. The highest BCUT2D eigenvalue weighted by atomic mass is 35.5. The Morgan fingerprint density at radius 1 is 1.18 bits per heavy atom. The third kappa shape index (κ3) is 3.32. The lowest BCUT2D eigenvalue weighted by molar-refractivity contribution is -0.385. The van der Waals surface area contributed by atoms with Crippen molar-refractivity contribution in [3.8, 4) is 0 Å². The van der Waals surface area contributed by atoms with Crippen LogP contribution in [-0.2, 0) is 0 Å². The fraction of sp³-hybridized carbons (Fsp3) is 0.0714. The molecule has 1 amide bonds. The minimum atomic E-state index is -0.549. The number of carbonyl (C=O) groups excluding carboxylic acids is 1. The second-order valence-electron chi connectivity index (χ2n) is 4.41. The number of nitro benzene ring substituents is 1. The number of amides is 1. The SMILES string of the molecule is Cc1c(C(=O)Nc2c(Cl)cc(Cl)cc2Cl)cccc1[N+](=O)[O-]. The van der Waals surface area contributed by atoms with Crippen LogP contribution in [0.25, 0.3) is 0 Å². The number of nitro groups is 1. The maximum Gasteiger partial charge on any atom is 0.273 e. The molecule has 0 spiro atoms. The third-order valence-corrected chi connectivity index (χ3v) is 3.81. The predicted octanol–water partition coefficient (Wildman–Crippen LogP) is 5.12. The zero-order chi connectivity index (χ0) is 16.4. The van der Waals surface area contributed by atoms with Crippen molar-refractivity contribution in [3.63, 3.8) is 0 Å². The van der Waals surface area contributed by atoms with Crippen molar-refractivity contribution in [1.29, 1.82) is 0 Å². The van der Waals surface area contributed by atoms with E-state index in [1.165, 1.54) is 37.3 Å². The van der Waals surface area contributed by atoms with Gasteiger partial charge in [0, 0.05) is 22.2 Å². The van der Waals surface area contributed by atoms with Crippen molar-refractivity contribution in [1.82, 2.24) is 0 Å².